The van der Waals surface area contributed by atoms with Gasteiger partial charge in [0.1, 0.15) is 0 Å². The largest absolute Gasteiger partial charge is 0.394 e. The smallest absolute Gasteiger partial charge is 0.239 e. The highest BCUT2D eigenvalue weighted by Crippen LogP contribution is 2.55. The number of hydrazine groups is 1. The molecule has 0 bridgehead atoms. The molecule has 0 radical (unpaired) electrons. The van der Waals surface area contributed by atoms with Crippen molar-refractivity contribution in [3.63, 3.8) is 0 Å². The minimum absolute atomic E-state index is 0.0364. The molecule has 1 N–H and O–H groups in total. The summed E-state index contributed by atoms with van der Waals surface area (Å²) < 4.78 is 1.07. The zero-order valence-electron chi connectivity index (χ0n) is 12.2. The maximum Gasteiger partial charge on any atom is 0.239 e. The van der Waals surface area contributed by atoms with E-state index in [2.05, 4.69) is 53.0 Å². The van der Waals surface area contributed by atoms with Crippen LogP contribution in [0.1, 0.15) is 37.4 Å². The van der Waals surface area contributed by atoms with Crippen molar-refractivity contribution in [1.82, 2.24) is 10.0 Å². The number of rotatable bonds is 1. The molecule has 112 valence electrons. The Bertz CT molecular complexity index is 631. The summed E-state index contributed by atoms with van der Waals surface area (Å²) in [7, 11) is 0. The maximum absolute atomic E-state index is 12.4. The third kappa shape index (κ3) is 1.71. The second-order valence-corrected chi connectivity index (χ2v) is 7.89. The van der Waals surface area contributed by atoms with E-state index in [-0.39, 0.29) is 30.1 Å². The number of hydrogen-bond acceptors (Lipinski definition) is 3. The van der Waals surface area contributed by atoms with E-state index < -0.39 is 0 Å². The Hall–Kier alpha value is -0.910. The van der Waals surface area contributed by atoms with E-state index in [9.17, 15) is 9.90 Å². The number of carbonyl (C=O) groups is 1. The van der Waals surface area contributed by atoms with Crippen molar-refractivity contribution >= 4 is 21.8 Å². The minimum Gasteiger partial charge on any atom is -0.394 e. The number of nitrogens with zero attached hydrogens (tertiary/aromatic N) is 2. The summed E-state index contributed by atoms with van der Waals surface area (Å²) in [6.45, 7) is 4.28. The molecule has 3 aliphatic rings. The standard InChI is InChI=1S/C16H19BrN2O2/c1-16(2)7-14(21)18-13(8-20)12-5-9-3-4-10(17)6-11(9)15(12)19(16)18/h3-4,6,12-13,15,20H,5,7-8H2,1-2H3. The number of aliphatic hydroxyl groups is 1. The first-order chi connectivity index (χ1) is 9.94. The molecule has 1 amide bonds. The van der Waals surface area contributed by atoms with Gasteiger partial charge >= 0.3 is 0 Å². The first kappa shape index (κ1) is 13.7. The van der Waals surface area contributed by atoms with Gasteiger partial charge in [0.05, 0.1) is 18.7 Å². The Balaban J connectivity index is 1.86. The van der Waals surface area contributed by atoms with Crippen molar-refractivity contribution in [2.45, 2.75) is 44.3 Å². The monoisotopic (exact) mass is 350 g/mol. The zero-order chi connectivity index (χ0) is 14.9. The average molecular weight is 351 g/mol. The van der Waals surface area contributed by atoms with Gasteiger partial charge in [-0.2, -0.15) is 0 Å². The van der Waals surface area contributed by atoms with Gasteiger partial charge in [-0.1, -0.05) is 22.0 Å². The Morgan fingerprint density at radius 3 is 2.90 bits per heavy atom. The number of fused-ring (bicyclic) bond motifs is 5. The van der Waals surface area contributed by atoms with Gasteiger partial charge in [0, 0.05) is 22.4 Å². The molecule has 1 aromatic rings. The van der Waals surface area contributed by atoms with Crippen LogP contribution in [0.5, 0.6) is 0 Å². The molecule has 0 spiro atoms. The zero-order valence-corrected chi connectivity index (χ0v) is 13.8. The third-order valence-corrected chi connectivity index (χ3v) is 5.73. The summed E-state index contributed by atoms with van der Waals surface area (Å²) in [6, 6.07) is 6.54. The fourth-order valence-electron chi connectivity index (χ4n) is 4.48. The molecule has 0 aromatic heterocycles. The molecule has 21 heavy (non-hydrogen) atoms. The molecule has 4 nitrogen and oxygen atoms in total. The van der Waals surface area contributed by atoms with Crippen LogP contribution in [-0.4, -0.2) is 39.2 Å². The normalized spacial score (nSPS) is 33.2. The van der Waals surface area contributed by atoms with E-state index >= 15 is 0 Å². The number of amides is 1. The summed E-state index contributed by atoms with van der Waals surface area (Å²) in [4.78, 5) is 12.4. The Kier molecular flexibility index (Phi) is 2.82. The van der Waals surface area contributed by atoms with E-state index in [0.29, 0.717) is 12.3 Å². The van der Waals surface area contributed by atoms with Gasteiger partial charge in [0.25, 0.3) is 0 Å². The van der Waals surface area contributed by atoms with Crippen molar-refractivity contribution in [3.8, 4) is 0 Å². The van der Waals surface area contributed by atoms with Gasteiger partial charge in [-0.25, -0.2) is 5.01 Å². The summed E-state index contributed by atoms with van der Waals surface area (Å²) >= 11 is 3.56. The molecule has 3 atom stereocenters. The summed E-state index contributed by atoms with van der Waals surface area (Å²) in [5.41, 5.74) is 2.47. The van der Waals surface area contributed by atoms with Crippen LogP contribution in [0.2, 0.25) is 0 Å². The molecule has 5 heteroatoms. The minimum atomic E-state index is -0.187. The van der Waals surface area contributed by atoms with E-state index in [4.69, 9.17) is 0 Å². The molecule has 3 unspecified atom stereocenters. The predicted octanol–water partition coefficient (Wildman–Crippen LogP) is 2.26. The third-order valence-electron chi connectivity index (χ3n) is 5.24. The molecule has 0 saturated carbocycles. The lowest BCUT2D eigenvalue weighted by Gasteiger charge is -2.36. The number of hydrogen-bond donors (Lipinski definition) is 1. The molecular weight excluding hydrogens is 332 g/mol. The number of carbonyl (C=O) groups excluding carboxylic acids is 1. The number of aliphatic hydroxyl groups excluding tert-OH is 1. The number of halogens is 1. The van der Waals surface area contributed by atoms with Gasteiger partial charge in [0.2, 0.25) is 5.91 Å². The molecule has 2 fully saturated rings. The van der Waals surface area contributed by atoms with Gasteiger partial charge in [0.15, 0.2) is 0 Å². The molecule has 4 rings (SSSR count). The SMILES string of the molecule is CC1(C)CC(=O)N2C(CO)C3Cc4ccc(Br)cc4C3N21. The van der Waals surface area contributed by atoms with Crippen LogP contribution in [0.4, 0.5) is 0 Å². The van der Waals surface area contributed by atoms with Gasteiger partial charge in [-0.15, -0.1) is 0 Å². The van der Waals surface area contributed by atoms with Gasteiger partial charge in [-0.3, -0.25) is 9.80 Å². The second-order valence-electron chi connectivity index (χ2n) is 6.98. The molecule has 2 heterocycles. The maximum atomic E-state index is 12.4. The highest BCUT2D eigenvalue weighted by Gasteiger charge is 2.61. The topological polar surface area (TPSA) is 43.8 Å². The van der Waals surface area contributed by atoms with Gasteiger partial charge in [-0.05, 0) is 43.5 Å². The van der Waals surface area contributed by atoms with Crippen molar-refractivity contribution in [1.29, 1.82) is 0 Å². The van der Waals surface area contributed by atoms with Crippen molar-refractivity contribution in [2.75, 3.05) is 6.61 Å². The van der Waals surface area contributed by atoms with E-state index in [1.165, 1.54) is 11.1 Å². The quantitative estimate of drug-likeness (QED) is 0.844. The summed E-state index contributed by atoms with van der Waals surface area (Å²) in [5.74, 6) is 0.438. The first-order valence-electron chi connectivity index (χ1n) is 7.44. The fourth-order valence-corrected chi connectivity index (χ4v) is 4.85. The first-order valence-corrected chi connectivity index (χ1v) is 8.24. The van der Waals surface area contributed by atoms with Crippen LogP contribution in [0, 0.1) is 5.92 Å². The lowest BCUT2D eigenvalue weighted by molar-refractivity contribution is -0.142. The van der Waals surface area contributed by atoms with E-state index in [1.54, 1.807) is 0 Å². The summed E-state index contributed by atoms with van der Waals surface area (Å²) in [6.07, 6.45) is 1.46. The molecule has 2 saturated heterocycles. The van der Waals surface area contributed by atoms with Crippen LogP contribution < -0.4 is 0 Å². The highest BCUT2D eigenvalue weighted by molar-refractivity contribution is 9.10. The second kappa shape index (κ2) is 4.31. The average Bonchev–Trinajstić information content (AvgIpc) is 2.98. The Morgan fingerprint density at radius 2 is 2.19 bits per heavy atom. The van der Waals surface area contributed by atoms with Crippen LogP contribution in [0.15, 0.2) is 22.7 Å². The van der Waals surface area contributed by atoms with Gasteiger partial charge < -0.3 is 5.11 Å². The van der Waals surface area contributed by atoms with Crippen LogP contribution >= 0.6 is 15.9 Å². The van der Waals surface area contributed by atoms with Crippen molar-refractivity contribution in [2.24, 2.45) is 5.92 Å². The fraction of sp³-hybridized carbons (Fsp3) is 0.562. The van der Waals surface area contributed by atoms with Crippen molar-refractivity contribution in [3.05, 3.63) is 33.8 Å². The molecule has 1 aromatic carbocycles. The summed E-state index contributed by atoms with van der Waals surface area (Å²) in [5, 5.41) is 13.9. The van der Waals surface area contributed by atoms with Crippen LogP contribution in [0.25, 0.3) is 0 Å². The molecular formula is C16H19BrN2O2. The predicted molar refractivity (Wildman–Crippen MR) is 82.3 cm³/mol. The number of benzene rings is 1. The Morgan fingerprint density at radius 1 is 1.43 bits per heavy atom. The van der Waals surface area contributed by atoms with E-state index in [0.717, 1.165) is 10.9 Å². The lowest BCUT2D eigenvalue weighted by atomic mass is 9.90. The molecule has 2 aliphatic heterocycles. The highest BCUT2D eigenvalue weighted by atomic mass is 79.9. The lowest BCUT2D eigenvalue weighted by Crippen LogP contribution is -2.46. The van der Waals surface area contributed by atoms with E-state index in [1.807, 2.05) is 5.01 Å². The van der Waals surface area contributed by atoms with Crippen molar-refractivity contribution < 1.29 is 9.90 Å². The Labute approximate surface area is 132 Å². The van der Waals surface area contributed by atoms with Crippen LogP contribution in [0.3, 0.4) is 0 Å². The molecule has 1 aliphatic carbocycles. The van der Waals surface area contributed by atoms with Crippen LogP contribution in [-0.2, 0) is 11.2 Å².